The average Bonchev–Trinajstić information content (AvgIpc) is 3.63. The summed E-state index contributed by atoms with van der Waals surface area (Å²) in [7, 11) is 0. The smallest absolute Gasteiger partial charge is 0.347 e. The first-order chi connectivity index (χ1) is 22.9. The minimum atomic E-state index is -1.12. The third-order valence-electron chi connectivity index (χ3n) is 7.12. The van der Waals surface area contributed by atoms with Crippen LogP contribution in [0.5, 0.6) is 17.2 Å². The van der Waals surface area contributed by atoms with Gasteiger partial charge in [-0.3, -0.25) is 0 Å². The van der Waals surface area contributed by atoms with Gasteiger partial charge in [-0.25, -0.2) is 43.2 Å². The van der Waals surface area contributed by atoms with Crippen LogP contribution in [0.15, 0.2) is 72.8 Å². The second-order valence-electron chi connectivity index (χ2n) is 10.1. The van der Waals surface area contributed by atoms with Gasteiger partial charge in [-0.2, -0.15) is 0 Å². The predicted octanol–water partition coefficient (Wildman–Crippen LogP) is 3.28. The third-order valence-corrected chi connectivity index (χ3v) is 7.12. The fourth-order valence-electron chi connectivity index (χ4n) is 4.86. The Labute approximate surface area is 265 Å². The van der Waals surface area contributed by atoms with Crippen molar-refractivity contribution in [3.8, 4) is 17.2 Å². The summed E-state index contributed by atoms with van der Waals surface area (Å²) in [6.07, 6.45) is 0. The van der Waals surface area contributed by atoms with Gasteiger partial charge in [-0.05, 0) is 72.8 Å². The van der Waals surface area contributed by atoms with E-state index in [1.807, 2.05) is 0 Å². The first-order valence-corrected chi connectivity index (χ1v) is 13.5. The van der Waals surface area contributed by atoms with Crippen LogP contribution in [0.2, 0.25) is 0 Å². The van der Waals surface area contributed by atoms with Crippen molar-refractivity contribution in [2.75, 3.05) is 0 Å². The van der Waals surface area contributed by atoms with Crippen molar-refractivity contribution in [1.82, 2.24) is 0 Å². The molecule has 0 amide bonds. The fourth-order valence-corrected chi connectivity index (χ4v) is 4.86. The van der Waals surface area contributed by atoms with Crippen LogP contribution >= 0.6 is 0 Å². The Hall–Kier alpha value is -7.29. The molecule has 3 aliphatic rings. The Bertz CT molecular complexity index is 2000. The predicted molar refractivity (Wildman–Crippen MR) is 150 cm³/mol. The van der Waals surface area contributed by atoms with E-state index in [4.69, 9.17) is 14.2 Å². The van der Waals surface area contributed by atoms with Gasteiger partial charge in [0.15, 0.2) is 0 Å². The summed E-state index contributed by atoms with van der Waals surface area (Å²) in [5.41, 5.74) is -1.68. The Morgan fingerprint density at radius 2 is 0.604 bits per heavy atom. The highest BCUT2D eigenvalue weighted by Gasteiger charge is 2.33. The van der Waals surface area contributed by atoms with Crippen LogP contribution in [0.4, 0.5) is 0 Å². The number of cyclic esters (lactones) is 6. The molecule has 234 valence electrons. The molecule has 15 heteroatoms. The van der Waals surface area contributed by atoms with Gasteiger partial charge >= 0.3 is 53.7 Å². The van der Waals surface area contributed by atoms with Crippen LogP contribution in [0.1, 0.15) is 93.2 Å². The standard InChI is InChI=1S/C33H12O15/c34-25(43-16-1-4-19-22(10-16)31(40)46-28(19)37)13-7-14(26(35)44-17-2-5-20-23(11-17)32(41)47-29(20)38)9-15(8-13)27(36)45-18-3-6-21-24(12-18)33(42)48-30(21)39/h1-12H. The van der Waals surface area contributed by atoms with Crippen molar-refractivity contribution >= 4 is 53.7 Å². The van der Waals surface area contributed by atoms with Crippen LogP contribution in [-0.4, -0.2) is 53.7 Å². The second kappa shape index (κ2) is 11.0. The molecule has 15 nitrogen and oxygen atoms in total. The number of hydrogen-bond acceptors (Lipinski definition) is 15. The SMILES string of the molecule is O=C(Oc1ccc2c(c1)C(=O)OC2=O)c1cc(C(=O)Oc2ccc3c(c2)C(=O)OC3=O)cc(C(=O)Oc2ccc3c(c2)C(=O)OC3=O)c1. The zero-order chi connectivity index (χ0) is 33.9. The minimum Gasteiger partial charge on any atom is -0.423 e. The monoisotopic (exact) mass is 648 g/mol. The van der Waals surface area contributed by atoms with E-state index in [1.165, 1.54) is 36.4 Å². The quantitative estimate of drug-likeness (QED) is 0.127. The maximum absolute atomic E-state index is 13.2. The molecule has 0 saturated heterocycles. The van der Waals surface area contributed by atoms with E-state index in [0.29, 0.717) is 0 Å². The van der Waals surface area contributed by atoms with Crippen molar-refractivity contribution in [2.24, 2.45) is 0 Å². The maximum atomic E-state index is 13.2. The van der Waals surface area contributed by atoms with Crippen LogP contribution in [0.3, 0.4) is 0 Å². The molecule has 0 unspecified atom stereocenters. The number of esters is 9. The first kappa shape index (κ1) is 29.4. The van der Waals surface area contributed by atoms with Crippen molar-refractivity contribution in [2.45, 2.75) is 0 Å². The number of rotatable bonds is 6. The molecule has 0 aliphatic carbocycles. The molecule has 0 fully saturated rings. The number of ether oxygens (including phenoxy) is 6. The van der Waals surface area contributed by atoms with Gasteiger partial charge in [0.1, 0.15) is 17.2 Å². The minimum absolute atomic E-state index is 0.0389. The molecule has 7 rings (SSSR count). The van der Waals surface area contributed by atoms with Crippen molar-refractivity contribution in [3.63, 3.8) is 0 Å². The van der Waals surface area contributed by atoms with Crippen LogP contribution < -0.4 is 14.2 Å². The van der Waals surface area contributed by atoms with Gasteiger partial charge in [0.2, 0.25) is 0 Å². The normalized spacial score (nSPS) is 14.0. The largest absolute Gasteiger partial charge is 0.423 e. The molecule has 0 atom stereocenters. The van der Waals surface area contributed by atoms with Gasteiger partial charge in [0.05, 0.1) is 50.1 Å². The number of hydrogen-bond donors (Lipinski definition) is 0. The van der Waals surface area contributed by atoms with E-state index < -0.39 is 53.7 Å². The molecule has 0 radical (unpaired) electrons. The van der Waals surface area contributed by atoms with E-state index in [9.17, 15) is 43.2 Å². The lowest BCUT2D eigenvalue weighted by molar-refractivity contribution is 0.0425. The van der Waals surface area contributed by atoms with Crippen molar-refractivity contribution < 1.29 is 71.6 Å². The molecule has 0 bridgehead atoms. The number of benzene rings is 4. The molecular formula is C33H12O15. The van der Waals surface area contributed by atoms with Gasteiger partial charge in [0, 0.05) is 0 Å². The summed E-state index contributed by atoms with van der Waals surface area (Å²) in [6, 6.07) is 13.7. The van der Waals surface area contributed by atoms with E-state index in [0.717, 1.165) is 36.4 Å². The van der Waals surface area contributed by atoms with Crippen LogP contribution in [-0.2, 0) is 14.2 Å². The summed E-state index contributed by atoms with van der Waals surface area (Å²) in [6.45, 7) is 0. The van der Waals surface area contributed by atoms with E-state index >= 15 is 0 Å². The third kappa shape index (κ3) is 5.12. The highest BCUT2D eigenvalue weighted by molar-refractivity contribution is 6.16. The molecule has 0 N–H and O–H groups in total. The summed E-state index contributed by atoms with van der Waals surface area (Å²) in [4.78, 5) is 111. The van der Waals surface area contributed by atoms with Crippen LogP contribution in [0, 0.1) is 0 Å². The number of carbonyl (C=O) groups excluding carboxylic acids is 9. The molecule has 4 aromatic rings. The first-order valence-electron chi connectivity index (χ1n) is 13.5. The summed E-state index contributed by atoms with van der Waals surface area (Å²) < 4.78 is 29.6. The molecule has 4 aromatic carbocycles. The second-order valence-corrected chi connectivity index (χ2v) is 10.1. The molecule has 3 aliphatic heterocycles. The zero-order valence-electron chi connectivity index (χ0n) is 23.6. The molecule has 48 heavy (non-hydrogen) atoms. The van der Waals surface area contributed by atoms with E-state index in [-0.39, 0.29) is 67.3 Å². The summed E-state index contributed by atoms with van der Waals surface area (Å²) in [5.74, 6) is -9.35. The summed E-state index contributed by atoms with van der Waals surface area (Å²) >= 11 is 0. The topological polar surface area (TPSA) is 209 Å². The summed E-state index contributed by atoms with van der Waals surface area (Å²) in [5, 5.41) is 0. The Morgan fingerprint density at radius 3 is 0.875 bits per heavy atom. The molecular weight excluding hydrogens is 636 g/mol. The van der Waals surface area contributed by atoms with Gasteiger partial charge in [0.25, 0.3) is 0 Å². The van der Waals surface area contributed by atoms with E-state index in [2.05, 4.69) is 14.2 Å². The maximum Gasteiger partial charge on any atom is 0.347 e. The number of fused-ring (bicyclic) bond motifs is 3. The van der Waals surface area contributed by atoms with Crippen LogP contribution in [0.25, 0.3) is 0 Å². The van der Waals surface area contributed by atoms with Gasteiger partial charge < -0.3 is 28.4 Å². The highest BCUT2D eigenvalue weighted by atomic mass is 16.6. The van der Waals surface area contributed by atoms with Crippen molar-refractivity contribution in [1.29, 1.82) is 0 Å². The Kier molecular flexibility index (Phi) is 6.71. The fraction of sp³-hybridized carbons (Fsp3) is 0. The van der Waals surface area contributed by atoms with E-state index in [1.54, 1.807) is 0 Å². The van der Waals surface area contributed by atoms with Gasteiger partial charge in [-0.1, -0.05) is 0 Å². The zero-order valence-corrected chi connectivity index (χ0v) is 23.6. The molecule has 0 saturated carbocycles. The Morgan fingerprint density at radius 1 is 0.354 bits per heavy atom. The Balaban J connectivity index is 1.20. The number of carbonyl (C=O) groups is 9. The lowest BCUT2D eigenvalue weighted by Gasteiger charge is -2.11. The lowest BCUT2D eigenvalue weighted by Crippen LogP contribution is -2.17. The van der Waals surface area contributed by atoms with Crippen molar-refractivity contribution in [3.05, 3.63) is 123 Å². The van der Waals surface area contributed by atoms with Gasteiger partial charge in [-0.15, -0.1) is 0 Å². The molecule has 0 spiro atoms. The average molecular weight is 648 g/mol. The lowest BCUT2D eigenvalue weighted by atomic mass is 10.0. The highest BCUT2D eigenvalue weighted by Crippen LogP contribution is 2.29. The molecule has 0 aromatic heterocycles. The molecule has 3 heterocycles.